The Morgan fingerprint density at radius 2 is 1.87 bits per heavy atom. The molecule has 158 valence electrons. The van der Waals surface area contributed by atoms with Crippen molar-refractivity contribution in [1.82, 2.24) is 4.98 Å². The molecule has 0 spiro atoms. The number of thiazole rings is 1. The summed E-state index contributed by atoms with van der Waals surface area (Å²) in [5, 5.41) is 3.87. The van der Waals surface area contributed by atoms with Gasteiger partial charge in [0.2, 0.25) is 5.91 Å². The molecule has 30 heavy (non-hydrogen) atoms. The van der Waals surface area contributed by atoms with Gasteiger partial charge < -0.3 is 15.0 Å². The van der Waals surface area contributed by atoms with Gasteiger partial charge in [0, 0.05) is 31.0 Å². The largest absolute Gasteiger partial charge is 0.497 e. The molecule has 1 aliphatic rings. The molecule has 3 aromatic rings. The van der Waals surface area contributed by atoms with Crippen molar-refractivity contribution in [3.8, 4) is 5.75 Å². The highest BCUT2D eigenvalue weighted by atomic mass is 32.2. The van der Waals surface area contributed by atoms with Crippen LogP contribution in [0.5, 0.6) is 5.75 Å². The fourth-order valence-corrected chi connectivity index (χ4v) is 5.19. The number of nitrogens with zero attached hydrogens (tertiary/aromatic N) is 2. The molecule has 0 aliphatic carbocycles. The zero-order valence-corrected chi connectivity index (χ0v) is 18.4. The number of anilines is 2. The molecular formula is C21H23N3O4S2. The van der Waals surface area contributed by atoms with E-state index in [4.69, 9.17) is 9.72 Å². The highest BCUT2D eigenvalue weighted by Crippen LogP contribution is 2.33. The van der Waals surface area contributed by atoms with Gasteiger partial charge in [-0.15, -0.1) is 0 Å². The van der Waals surface area contributed by atoms with Gasteiger partial charge in [0.05, 0.1) is 22.2 Å². The number of methoxy groups -OCH3 is 1. The van der Waals surface area contributed by atoms with Crippen LogP contribution in [0.1, 0.15) is 12.8 Å². The van der Waals surface area contributed by atoms with Crippen LogP contribution in [0, 0.1) is 5.92 Å². The van der Waals surface area contributed by atoms with E-state index >= 15 is 0 Å². The standard InChI is InChI=1S/C21H23N3O4S2/c1-28-16-5-8-18-19(13-16)29-21(23-18)24-11-9-14(10-12-24)20(25)22-15-3-6-17(7-4-15)30(2,26)27/h3-8,13-14H,9-12H2,1-2H3,(H,22,25). The van der Waals surface area contributed by atoms with Crippen LogP contribution in [-0.4, -0.2) is 45.8 Å². The summed E-state index contributed by atoms with van der Waals surface area (Å²) >= 11 is 1.63. The van der Waals surface area contributed by atoms with Crippen LogP contribution in [0.25, 0.3) is 10.2 Å². The summed E-state index contributed by atoms with van der Waals surface area (Å²) in [5.74, 6) is 0.707. The Kier molecular flexibility index (Phi) is 5.66. The molecule has 2 heterocycles. The van der Waals surface area contributed by atoms with Crippen molar-refractivity contribution in [2.75, 3.05) is 36.7 Å². The molecule has 9 heteroatoms. The number of sulfone groups is 1. The monoisotopic (exact) mass is 445 g/mol. The third-order valence-electron chi connectivity index (χ3n) is 5.27. The molecule has 4 rings (SSSR count). The van der Waals surface area contributed by atoms with E-state index in [2.05, 4.69) is 10.2 Å². The van der Waals surface area contributed by atoms with Crippen molar-refractivity contribution >= 4 is 48.1 Å². The molecule has 2 aromatic carbocycles. The van der Waals surface area contributed by atoms with E-state index in [0.29, 0.717) is 5.69 Å². The van der Waals surface area contributed by atoms with Crippen molar-refractivity contribution in [1.29, 1.82) is 0 Å². The van der Waals surface area contributed by atoms with Gasteiger partial charge in [-0.25, -0.2) is 13.4 Å². The van der Waals surface area contributed by atoms with E-state index in [1.807, 2.05) is 18.2 Å². The van der Waals surface area contributed by atoms with E-state index < -0.39 is 9.84 Å². The number of piperidine rings is 1. The number of hydrogen-bond donors (Lipinski definition) is 1. The van der Waals surface area contributed by atoms with Crippen LogP contribution in [-0.2, 0) is 14.6 Å². The predicted molar refractivity (Wildman–Crippen MR) is 119 cm³/mol. The van der Waals surface area contributed by atoms with Gasteiger partial charge in [0.15, 0.2) is 15.0 Å². The number of rotatable bonds is 5. The van der Waals surface area contributed by atoms with Gasteiger partial charge in [-0.2, -0.15) is 0 Å². The van der Waals surface area contributed by atoms with Gasteiger partial charge in [0.1, 0.15) is 5.75 Å². The quantitative estimate of drug-likeness (QED) is 0.646. The average molecular weight is 446 g/mol. The van der Waals surface area contributed by atoms with E-state index in [-0.39, 0.29) is 16.7 Å². The van der Waals surface area contributed by atoms with Crippen LogP contribution >= 0.6 is 11.3 Å². The molecule has 0 saturated carbocycles. The lowest BCUT2D eigenvalue weighted by Crippen LogP contribution is -2.38. The topological polar surface area (TPSA) is 88.6 Å². The number of amides is 1. The van der Waals surface area contributed by atoms with E-state index in [0.717, 1.165) is 53.3 Å². The molecule has 0 unspecified atom stereocenters. The summed E-state index contributed by atoms with van der Waals surface area (Å²) in [6, 6.07) is 12.1. The summed E-state index contributed by atoms with van der Waals surface area (Å²) in [6.45, 7) is 1.53. The number of fused-ring (bicyclic) bond motifs is 1. The molecule has 1 N–H and O–H groups in total. The number of carbonyl (C=O) groups is 1. The lowest BCUT2D eigenvalue weighted by molar-refractivity contribution is -0.120. The number of nitrogens with one attached hydrogen (secondary N) is 1. The maximum absolute atomic E-state index is 12.6. The highest BCUT2D eigenvalue weighted by molar-refractivity contribution is 7.90. The first-order valence-electron chi connectivity index (χ1n) is 9.64. The van der Waals surface area contributed by atoms with Crippen LogP contribution in [0.4, 0.5) is 10.8 Å². The zero-order valence-electron chi connectivity index (χ0n) is 16.8. The molecule has 1 aliphatic heterocycles. The summed E-state index contributed by atoms with van der Waals surface area (Å²) < 4.78 is 29.5. The third-order valence-corrected chi connectivity index (χ3v) is 7.48. The molecule has 1 amide bonds. The lowest BCUT2D eigenvalue weighted by Gasteiger charge is -2.31. The third kappa shape index (κ3) is 4.41. The molecule has 1 aromatic heterocycles. The summed E-state index contributed by atoms with van der Waals surface area (Å²) in [7, 11) is -1.59. The Bertz CT molecular complexity index is 1160. The lowest BCUT2D eigenvalue weighted by atomic mass is 9.96. The molecule has 0 radical (unpaired) electrons. The zero-order chi connectivity index (χ0) is 21.3. The van der Waals surface area contributed by atoms with Crippen molar-refractivity contribution < 1.29 is 17.9 Å². The van der Waals surface area contributed by atoms with Crippen molar-refractivity contribution in [2.45, 2.75) is 17.7 Å². The van der Waals surface area contributed by atoms with E-state index in [1.165, 1.54) is 12.1 Å². The first kappa shape index (κ1) is 20.6. The van der Waals surface area contributed by atoms with Crippen LogP contribution in [0.15, 0.2) is 47.4 Å². The van der Waals surface area contributed by atoms with E-state index in [1.54, 1.807) is 30.6 Å². The predicted octanol–water partition coefficient (Wildman–Crippen LogP) is 3.56. The fraction of sp³-hybridized carbons (Fsp3) is 0.333. The van der Waals surface area contributed by atoms with Gasteiger partial charge in [0.25, 0.3) is 0 Å². The van der Waals surface area contributed by atoms with Gasteiger partial charge in [-0.1, -0.05) is 11.3 Å². The van der Waals surface area contributed by atoms with Crippen molar-refractivity contribution in [3.63, 3.8) is 0 Å². The molecule has 7 nitrogen and oxygen atoms in total. The second-order valence-corrected chi connectivity index (χ2v) is 10.4. The first-order valence-corrected chi connectivity index (χ1v) is 12.3. The smallest absolute Gasteiger partial charge is 0.227 e. The number of benzene rings is 2. The van der Waals surface area contributed by atoms with Crippen LogP contribution in [0.3, 0.4) is 0 Å². The van der Waals surface area contributed by atoms with Crippen LogP contribution < -0.4 is 15.0 Å². The minimum Gasteiger partial charge on any atom is -0.497 e. The Hall–Kier alpha value is -2.65. The van der Waals surface area contributed by atoms with Crippen molar-refractivity contribution in [3.05, 3.63) is 42.5 Å². The SMILES string of the molecule is COc1ccc2nc(N3CCC(C(=O)Nc4ccc(S(C)(=O)=O)cc4)CC3)sc2c1. The first-order chi connectivity index (χ1) is 14.3. The molecule has 1 saturated heterocycles. The normalized spacial score (nSPS) is 15.3. The number of hydrogen-bond acceptors (Lipinski definition) is 7. The van der Waals surface area contributed by atoms with Crippen LogP contribution in [0.2, 0.25) is 0 Å². The fourth-order valence-electron chi connectivity index (χ4n) is 3.52. The second-order valence-electron chi connectivity index (χ2n) is 7.38. The maximum atomic E-state index is 12.6. The minimum atomic E-state index is -3.25. The second kappa shape index (κ2) is 8.23. The van der Waals surface area contributed by atoms with Gasteiger partial charge >= 0.3 is 0 Å². The van der Waals surface area contributed by atoms with E-state index in [9.17, 15) is 13.2 Å². The summed E-state index contributed by atoms with van der Waals surface area (Å²) in [4.78, 5) is 19.8. The number of ether oxygens (including phenoxy) is 1. The molecular weight excluding hydrogens is 422 g/mol. The number of carbonyl (C=O) groups excluding carboxylic acids is 1. The Labute approximate surface area is 179 Å². The Morgan fingerprint density at radius 3 is 2.50 bits per heavy atom. The van der Waals surface area contributed by atoms with Gasteiger partial charge in [-0.05, 0) is 55.3 Å². The molecule has 1 fully saturated rings. The Balaban J connectivity index is 1.36. The molecule has 0 atom stereocenters. The summed E-state index contributed by atoms with van der Waals surface area (Å²) in [6.07, 6.45) is 2.65. The summed E-state index contributed by atoms with van der Waals surface area (Å²) in [5.41, 5.74) is 1.56. The maximum Gasteiger partial charge on any atom is 0.227 e. The molecule has 0 bridgehead atoms. The average Bonchev–Trinajstić information content (AvgIpc) is 3.17. The van der Waals surface area contributed by atoms with Crippen molar-refractivity contribution in [2.24, 2.45) is 5.92 Å². The Morgan fingerprint density at radius 1 is 1.17 bits per heavy atom. The van der Waals surface area contributed by atoms with Gasteiger partial charge in [-0.3, -0.25) is 4.79 Å². The minimum absolute atomic E-state index is 0.0317. The number of aromatic nitrogens is 1. The highest BCUT2D eigenvalue weighted by Gasteiger charge is 2.26.